The summed E-state index contributed by atoms with van der Waals surface area (Å²) in [5.41, 5.74) is 3.27. The standard InChI is InChI=1S/C30H27N7/c1-4-10-25(11-5-1)28-31-16-19-35(28)22-34(23-36-20-17-32-29(36)26-12-6-2-7-13-26)24-37-21-18-33-30(37)27-14-8-3-9-15-27/h1-21H,22-24H2. The summed E-state index contributed by atoms with van der Waals surface area (Å²) in [6.07, 6.45) is 11.7. The second kappa shape index (κ2) is 10.5. The topological polar surface area (TPSA) is 56.7 Å². The molecule has 182 valence electrons. The molecule has 6 aromatic rings. The van der Waals surface area contributed by atoms with Gasteiger partial charge in [-0.2, -0.15) is 0 Å². The van der Waals surface area contributed by atoms with E-state index in [0.29, 0.717) is 20.0 Å². The van der Waals surface area contributed by atoms with Gasteiger partial charge in [-0.05, 0) is 0 Å². The van der Waals surface area contributed by atoms with Gasteiger partial charge in [-0.3, -0.25) is 0 Å². The zero-order valence-electron chi connectivity index (χ0n) is 20.4. The summed E-state index contributed by atoms with van der Waals surface area (Å²) in [4.78, 5) is 16.3. The zero-order valence-corrected chi connectivity index (χ0v) is 20.4. The molecule has 0 aliphatic rings. The average molecular weight is 486 g/mol. The van der Waals surface area contributed by atoms with E-state index in [-0.39, 0.29) is 0 Å². The Morgan fingerprint density at radius 1 is 0.432 bits per heavy atom. The van der Waals surface area contributed by atoms with Gasteiger partial charge in [0.25, 0.3) is 0 Å². The van der Waals surface area contributed by atoms with E-state index in [1.54, 1.807) is 0 Å². The number of hydrogen-bond acceptors (Lipinski definition) is 4. The SMILES string of the molecule is c1ccc(-c2nccn2CN(Cn2ccnc2-c2ccccc2)Cn2ccnc2-c2ccccc2)cc1. The normalized spacial score (nSPS) is 11.3. The van der Waals surface area contributed by atoms with Crippen LogP contribution in [0.4, 0.5) is 0 Å². The molecule has 0 saturated carbocycles. The molecule has 7 heteroatoms. The summed E-state index contributed by atoms with van der Waals surface area (Å²) in [5.74, 6) is 2.82. The molecule has 0 atom stereocenters. The van der Waals surface area contributed by atoms with Crippen LogP contribution in [0.3, 0.4) is 0 Å². The van der Waals surface area contributed by atoms with Crippen LogP contribution in [0.25, 0.3) is 34.2 Å². The van der Waals surface area contributed by atoms with Gasteiger partial charge in [0.05, 0.1) is 20.0 Å². The lowest BCUT2D eigenvalue weighted by Crippen LogP contribution is -2.31. The minimum Gasteiger partial charge on any atom is -0.317 e. The van der Waals surface area contributed by atoms with Crippen LogP contribution in [0.5, 0.6) is 0 Å². The van der Waals surface area contributed by atoms with Gasteiger partial charge in [0.1, 0.15) is 17.5 Å². The maximum absolute atomic E-state index is 4.66. The molecule has 0 unspecified atom stereocenters. The molecule has 0 fully saturated rings. The molecule has 6 rings (SSSR count). The fourth-order valence-electron chi connectivity index (χ4n) is 4.59. The Morgan fingerprint density at radius 3 is 1.03 bits per heavy atom. The van der Waals surface area contributed by atoms with Crippen molar-refractivity contribution in [2.24, 2.45) is 0 Å². The van der Waals surface area contributed by atoms with Crippen molar-refractivity contribution in [1.29, 1.82) is 0 Å². The first-order valence-electron chi connectivity index (χ1n) is 12.3. The largest absolute Gasteiger partial charge is 0.317 e. The molecule has 0 amide bonds. The highest BCUT2D eigenvalue weighted by molar-refractivity contribution is 5.56. The van der Waals surface area contributed by atoms with Crippen LogP contribution >= 0.6 is 0 Å². The van der Waals surface area contributed by atoms with Crippen LogP contribution in [0.2, 0.25) is 0 Å². The summed E-state index contributed by atoms with van der Waals surface area (Å²) in [7, 11) is 0. The molecule has 0 radical (unpaired) electrons. The Hall–Kier alpha value is -4.75. The van der Waals surface area contributed by atoms with Crippen molar-refractivity contribution in [1.82, 2.24) is 33.6 Å². The molecular weight excluding hydrogens is 458 g/mol. The Morgan fingerprint density at radius 2 is 0.730 bits per heavy atom. The van der Waals surface area contributed by atoms with Crippen molar-refractivity contribution < 1.29 is 0 Å². The summed E-state index contributed by atoms with van der Waals surface area (Å²) in [6.45, 7) is 1.93. The van der Waals surface area contributed by atoms with Crippen LogP contribution < -0.4 is 0 Å². The first-order chi connectivity index (χ1) is 18.3. The summed E-state index contributed by atoms with van der Waals surface area (Å²) < 4.78 is 6.56. The molecule has 7 nitrogen and oxygen atoms in total. The second-order valence-corrected chi connectivity index (χ2v) is 8.86. The van der Waals surface area contributed by atoms with Gasteiger partial charge in [-0.15, -0.1) is 0 Å². The fourth-order valence-corrected chi connectivity index (χ4v) is 4.59. The highest BCUT2D eigenvalue weighted by atomic mass is 15.4. The number of benzene rings is 3. The summed E-state index contributed by atoms with van der Waals surface area (Å²) >= 11 is 0. The summed E-state index contributed by atoms with van der Waals surface area (Å²) in [5, 5.41) is 0. The monoisotopic (exact) mass is 485 g/mol. The third-order valence-electron chi connectivity index (χ3n) is 6.30. The molecule has 3 aromatic heterocycles. The van der Waals surface area contributed by atoms with E-state index >= 15 is 0 Å². The number of imidazole rings is 3. The number of rotatable bonds is 9. The second-order valence-electron chi connectivity index (χ2n) is 8.86. The smallest absolute Gasteiger partial charge is 0.140 e. The van der Waals surface area contributed by atoms with Crippen molar-refractivity contribution in [2.75, 3.05) is 0 Å². The first kappa shape index (κ1) is 22.7. The van der Waals surface area contributed by atoms with Gasteiger partial charge in [-0.25, -0.2) is 19.9 Å². The molecule has 0 bridgehead atoms. The van der Waals surface area contributed by atoms with Crippen molar-refractivity contribution >= 4 is 0 Å². The predicted molar refractivity (Wildman–Crippen MR) is 145 cm³/mol. The quantitative estimate of drug-likeness (QED) is 0.258. The van der Waals surface area contributed by atoms with Gasteiger partial charge in [0, 0.05) is 53.9 Å². The van der Waals surface area contributed by atoms with Crippen LogP contribution in [-0.2, 0) is 20.0 Å². The molecule has 0 saturated heterocycles. The molecule has 3 aromatic carbocycles. The van der Waals surface area contributed by atoms with Crippen LogP contribution in [0.15, 0.2) is 128 Å². The van der Waals surface area contributed by atoms with Crippen LogP contribution in [-0.4, -0.2) is 33.6 Å². The first-order valence-corrected chi connectivity index (χ1v) is 12.3. The van der Waals surface area contributed by atoms with E-state index in [1.165, 1.54) is 0 Å². The van der Waals surface area contributed by atoms with Gasteiger partial charge >= 0.3 is 0 Å². The highest BCUT2D eigenvalue weighted by Crippen LogP contribution is 2.22. The van der Waals surface area contributed by atoms with Crippen molar-refractivity contribution in [3.8, 4) is 34.2 Å². The Balaban J connectivity index is 1.34. The van der Waals surface area contributed by atoms with E-state index in [9.17, 15) is 0 Å². The predicted octanol–water partition coefficient (Wildman–Crippen LogP) is 5.85. The maximum atomic E-state index is 4.66. The minimum atomic E-state index is 0.642. The van der Waals surface area contributed by atoms with Gasteiger partial charge in [0.15, 0.2) is 0 Å². The summed E-state index contributed by atoms with van der Waals surface area (Å²) in [6, 6.07) is 30.9. The van der Waals surface area contributed by atoms with E-state index in [2.05, 4.69) is 70.0 Å². The lowest BCUT2D eigenvalue weighted by atomic mass is 10.2. The van der Waals surface area contributed by atoms with Crippen LogP contribution in [0, 0.1) is 0 Å². The molecule has 3 heterocycles. The molecule has 0 aliphatic carbocycles. The number of hydrogen-bond donors (Lipinski definition) is 0. The van der Waals surface area contributed by atoms with Crippen molar-refractivity contribution in [2.45, 2.75) is 20.0 Å². The van der Waals surface area contributed by atoms with E-state index in [1.807, 2.05) is 91.8 Å². The fraction of sp³-hybridized carbons (Fsp3) is 0.100. The average Bonchev–Trinajstić information content (AvgIpc) is 3.72. The van der Waals surface area contributed by atoms with Crippen LogP contribution in [0.1, 0.15) is 0 Å². The maximum Gasteiger partial charge on any atom is 0.140 e. The highest BCUT2D eigenvalue weighted by Gasteiger charge is 2.16. The number of aromatic nitrogens is 6. The van der Waals surface area contributed by atoms with E-state index in [4.69, 9.17) is 0 Å². The number of nitrogens with zero attached hydrogens (tertiary/aromatic N) is 7. The Labute approximate surface area is 215 Å². The van der Waals surface area contributed by atoms with Crippen molar-refractivity contribution in [3.63, 3.8) is 0 Å². The zero-order chi connectivity index (χ0) is 24.9. The van der Waals surface area contributed by atoms with Gasteiger partial charge in [0.2, 0.25) is 0 Å². The lowest BCUT2D eigenvalue weighted by molar-refractivity contribution is 0.129. The molecular formula is C30H27N7. The molecule has 0 aliphatic heterocycles. The van der Waals surface area contributed by atoms with E-state index < -0.39 is 0 Å². The van der Waals surface area contributed by atoms with E-state index in [0.717, 1.165) is 34.2 Å². The minimum absolute atomic E-state index is 0.642. The Bertz CT molecular complexity index is 1360. The van der Waals surface area contributed by atoms with Gasteiger partial charge in [-0.1, -0.05) is 91.0 Å². The molecule has 37 heavy (non-hydrogen) atoms. The third-order valence-corrected chi connectivity index (χ3v) is 6.30. The third kappa shape index (κ3) is 4.98. The molecule has 0 N–H and O–H groups in total. The Kier molecular flexibility index (Phi) is 6.43. The van der Waals surface area contributed by atoms with Crippen molar-refractivity contribution in [3.05, 3.63) is 128 Å². The van der Waals surface area contributed by atoms with Gasteiger partial charge < -0.3 is 13.7 Å². The molecule has 0 spiro atoms. The lowest BCUT2D eigenvalue weighted by Gasteiger charge is -2.26.